The number of rotatable bonds is 5. The second kappa shape index (κ2) is 5.90. The Balaban J connectivity index is 2.97. The van der Waals surface area contributed by atoms with Crippen molar-refractivity contribution in [3.8, 4) is 0 Å². The summed E-state index contributed by atoms with van der Waals surface area (Å²) < 4.78 is 27.9. The predicted molar refractivity (Wildman–Crippen MR) is 76.0 cm³/mol. The average molecular weight is 300 g/mol. The van der Waals surface area contributed by atoms with Crippen molar-refractivity contribution in [2.24, 2.45) is 5.14 Å². The number of nitrogens with one attached hydrogen (secondary N) is 1. The second-order valence-corrected chi connectivity index (χ2v) is 6.79. The smallest absolute Gasteiger partial charge is 0.251 e. The largest absolute Gasteiger partial charge is 0.377 e. The number of aryl methyl sites for hydroxylation is 1. The van der Waals surface area contributed by atoms with Crippen molar-refractivity contribution in [3.05, 3.63) is 29.3 Å². The molecule has 1 rings (SSSR count). The van der Waals surface area contributed by atoms with Crippen molar-refractivity contribution in [1.29, 1.82) is 0 Å². The van der Waals surface area contributed by atoms with E-state index >= 15 is 0 Å². The molecule has 1 aromatic carbocycles. The van der Waals surface area contributed by atoms with Gasteiger partial charge in [-0.15, -0.1) is 0 Å². The molecule has 0 aromatic heterocycles. The third kappa shape index (κ3) is 4.59. The summed E-state index contributed by atoms with van der Waals surface area (Å²) in [6, 6.07) is 4.28. The first-order valence-corrected chi connectivity index (χ1v) is 7.58. The molecule has 1 aromatic rings. The average Bonchev–Trinajstić information content (AvgIpc) is 2.34. The van der Waals surface area contributed by atoms with Gasteiger partial charge in [-0.1, -0.05) is 0 Å². The van der Waals surface area contributed by atoms with E-state index in [4.69, 9.17) is 9.88 Å². The zero-order valence-corrected chi connectivity index (χ0v) is 12.9. The van der Waals surface area contributed by atoms with Gasteiger partial charge in [-0.25, -0.2) is 13.6 Å². The van der Waals surface area contributed by atoms with E-state index in [9.17, 15) is 13.2 Å². The molecule has 7 heteroatoms. The number of ether oxygens (including phenoxy) is 1. The molecule has 0 heterocycles. The molecule has 6 nitrogen and oxygen atoms in total. The van der Waals surface area contributed by atoms with Crippen molar-refractivity contribution >= 4 is 15.9 Å². The minimum absolute atomic E-state index is 0.0753. The maximum atomic E-state index is 12.0. The van der Waals surface area contributed by atoms with Crippen molar-refractivity contribution in [1.82, 2.24) is 5.32 Å². The van der Waals surface area contributed by atoms with E-state index < -0.39 is 15.6 Å². The zero-order valence-electron chi connectivity index (χ0n) is 12.1. The number of benzene rings is 1. The summed E-state index contributed by atoms with van der Waals surface area (Å²) >= 11 is 0. The van der Waals surface area contributed by atoms with Crippen LogP contribution in [0.4, 0.5) is 0 Å². The first-order chi connectivity index (χ1) is 9.05. The highest BCUT2D eigenvalue weighted by molar-refractivity contribution is 7.89. The van der Waals surface area contributed by atoms with Crippen molar-refractivity contribution in [2.45, 2.75) is 31.3 Å². The lowest BCUT2D eigenvalue weighted by atomic mass is 10.1. The van der Waals surface area contributed by atoms with E-state index in [1.165, 1.54) is 12.1 Å². The molecule has 0 spiro atoms. The van der Waals surface area contributed by atoms with E-state index in [1.54, 1.807) is 20.1 Å². The monoisotopic (exact) mass is 300 g/mol. The highest BCUT2D eigenvalue weighted by Crippen LogP contribution is 2.14. The Hall–Kier alpha value is -1.44. The Labute approximate surface area is 119 Å². The molecule has 0 aliphatic rings. The highest BCUT2D eigenvalue weighted by Gasteiger charge is 2.19. The van der Waals surface area contributed by atoms with Gasteiger partial charge in [0.2, 0.25) is 10.0 Å². The maximum Gasteiger partial charge on any atom is 0.251 e. The molecule has 1 amide bonds. The third-order valence-electron chi connectivity index (χ3n) is 2.87. The molecule has 0 bridgehead atoms. The quantitative estimate of drug-likeness (QED) is 0.840. The molecule has 112 valence electrons. The second-order valence-electron chi connectivity index (χ2n) is 5.23. The molecule has 0 saturated carbocycles. The fourth-order valence-electron chi connectivity index (χ4n) is 1.51. The fraction of sp³-hybridized carbons (Fsp3) is 0.462. The number of nitrogens with two attached hydrogens (primary N) is 1. The number of amides is 1. The Morgan fingerprint density at radius 3 is 2.45 bits per heavy atom. The number of carbonyl (C=O) groups excluding carboxylic acids is 1. The molecule has 20 heavy (non-hydrogen) atoms. The maximum absolute atomic E-state index is 12.0. The van der Waals surface area contributed by atoms with Gasteiger partial charge in [-0.05, 0) is 44.5 Å². The summed E-state index contributed by atoms with van der Waals surface area (Å²) in [4.78, 5) is 12.0. The van der Waals surface area contributed by atoms with Crippen molar-refractivity contribution in [3.63, 3.8) is 0 Å². The highest BCUT2D eigenvalue weighted by atomic mass is 32.2. The van der Waals surface area contributed by atoms with Gasteiger partial charge >= 0.3 is 0 Å². The van der Waals surface area contributed by atoms with Crippen LogP contribution >= 0.6 is 0 Å². The number of carbonyl (C=O) groups is 1. The molecule has 0 atom stereocenters. The Morgan fingerprint density at radius 2 is 1.95 bits per heavy atom. The van der Waals surface area contributed by atoms with E-state index in [0.717, 1.165) is 0 Å². The van der Waals surface area contributed by atoms with Gasteiger partial charge in [-0.2, -0.15) is 0 Å². The topological polar surface area (TPSA) is 98.5 Å². The minimum atomic E-state index is -3.83. The number of sulfonamides is 1. The third-order valence-corrected chi connectivity index (χ3v) is 3.76. The molecule has 0 aliphatic heterocycles. The Morgan fingerprint density at radius 1 is 1.35 bits per heavy atom. The van der Waals surface area contributed by atoms with Crippen LogP contribution in [0, 0.1) is 6.92 Å². The molecule has 0 fully saturated rings. The lowest BCUT2D eigenvalue weighted by Gasteiger charge is -2.23. The molecular formula is C13H20N2O4S. The molecule has 0 unspecified atom stereocenters. The zero-order chi connectivity index (χ0) is 15.6. The molecule has 0 saturated heterocycles. The first-order valence-electron chi connectivity index (χ1n) is 6.03. The molecular weight excluding hydrogens is 280 g/mol. The van der Waals surface area contributed by atoms with Gasteiger partial charge in [0.25, 0.3) is 5.91 Å². The molecule has 0 radical (unpaired) electrons. The van der Waals surface area contributed by atoms with Crippen LogP contribution in [0.2, 0.25) is 0 Å². The first kappa shape index (κ1) is 16.6. The normalized spacial score (nSPS) is 12.2. The van der Waals surface area contributed by atoms with Crippen LogP contribution < -0.4 is 10.5 Å². The van der Waals surface area contributed by atoms with Gasteiger partial charge in [-0.3, -0.25) is 4.79 Å². The van der Waals surface area contributed by atoms with Gasteiger partial charge < -0.3 is 10.1 Å². The number of hydrogen-bond donors (Lipinski definition) is 2. The number of methoxy groups -OCH3 is 1. The van der Waals surface area contributed by atoms with Crippen LogP contribution in [0.15, 0.2) is 23.1 Å². The van der Waals surface area contributed by atoms with Crippen LogP contribution in [-0.4, -0.2) is 33.6 Å². The standard InChI is InChI=1S/C13H20N2O4S/c1-9-5-10(7-11(6-9)20(14,17)18)12(16)15-8-13(2,3)19-4/h5-7H,8H2,1-4H3,(H,15,16)(H2,14,17,18). The fourth-order valence-corrected chi connectivity index (χ4v) is 2.15. The van der Waals surface area contributed by atoms with Crippen molar-refractivity contribution in [2.75, 3.05) is 13.7 Å². The lowest BCUT2D eigenvalue weighted by molar-refractivity contribution is 0.0228. The number of hydrogen-bond acceptors (Lipinski definition) is 4. The van der Waals surface area contributed by atoms with Crippen LogP contribution in [0.1, 0.15) is 29.8 Å². The van der Waals surface area contributed by atoms with Crippen LogP contribution in [0.5, 0.6) is 0 Å². The summed E-state index contributed by atoms with van der Waals surface area (Å²) in [5.41, 5.74) is 0.399. The van der Waals surface area contributed by atoms with Gasteiger partial charge in [0.15, 0.2) is 0 Å². The SMILES string of the molecule is COC(C)(C)CNC(=O)c1cc(C)cc(S(N)(=O)=O)c1. The van der Waals surface area contributed by atoms with Crippen LogP contribution in [0.3, 0.4) is 0 Å². The lowest BCUT2D eigenvalue weighted by Crippen LogP contribution is -2.39. The predicted octanol–water partition coefficient (Wildman–Crippen LogP) is 0.797. The van der Waals surface area contributed by atoms with Crippen LogP contribution in [-0.2, 0) is 14.8 Å². The van der Waals surface area contributed by atoms with E-state index in [0.29, 0.717) is 12.1 Å². The van der Waals surface area contributed by atoms with Gasteiger partial charge in [0, 0.05) is 19.2 Å². The van der Waals surface area contributed by atoms with Crippen molar-refractivity contribution < 1.29 is 17.9 Å². The van der Waals surface area contributed by atoms with Crippen LogP contribution in [0.25, 0.3) is 0 Å². The minimum Gasteiger partial charge on any atom is -0.377 e. The summed E-state index contributed by atoms with van der Waals surface area (Å²) in [5.74, 6) is -0.372. The van der Waals surface area contributed by atoms with E-state index in [2.05, 4.69) is 5.32 Å². The summed E-state index contributed by atoms with van der Waals surface area (Å²) in [5, 5.41) is 7.78. The summed E-state index contributed by atoms with van der Waals surface area (Å²) in [6.45, 7) is 5.67. The Bertz CT molecular complexity index is 609. The van der Waals surface area contributed by atoms with Gasteiger partial charge in [0.1, 0.15) is 0 Å². The molecule has 0 aliphatic carbocycles. The number of primary sulfonamides is 1. The van der Waals surface area contributed by atoms with Gasteiger partial charge in [0.05, 0.1) is 10.5 Å². The molecule has 3 N–H and O–H groups in total. The summed E-state index contributed by atoms with van der Waals surface area (Å²) in [6.07, 6.45) is 0. The summed E-state index contributed by atoms with van der Waals surface area (Å²) in [7, 11) is -2.28. The Kier molecular flexibility index (Phi) is 4.90. The van der Waals surface area contributed by atoms with E-state index in [-0.39, 0.29) is 16.4 Å². The van der Waals surface area contributed by atoms with E-state index in [1.807, 2.05) is 13.8 Å².